The molecule has 0 atom stereocenters. The molecule has 0 spiro atoms. The number of benzene rings is 1. The Kier molecular flexibility index (Phi) is 5.95. The summed E-state index contributed by atoms with van der Waals surface area (Å²) >= 11 is 0. The number of carbonyl (C=O) groups is 2. The van der Waals surface area contributed by atoms with Gasteiger partial charge in [0, 0.05) is 37.2 Å². The molecule has 0 unspecified atom stereocenters. The van der Waals surface area contributed by atoms with Gasteiger partial charge in [0.15, 0.2) is 5.82 Å². The number of likely N-dealkylation sites (tertiary alicyclic amines) is 1. The molecule has 1 aromatic carbocycles. The molecule has 3 rings (SSSR count). The summed E-state index contributed by atoms with van der Waals surface area (Å²) in [6, 6.07) is 6.72. The first-order valence-corrected chi connectivity index (χ1v) is 8.81. The van der Waals surface area contributed by atoms with Crippen LogP contribution in [0.15, 0.2) is 30.5 Å². The van der Waals surface area contributed by atoms with E-state index in [9.17, 15) is 14.0 Å². The molecular weight excluding hydrogens is 351 g/mol. The number of methoxy groups -OCH3 is 1. The van der Waals surface area contributed by atoms with E-state index >= 15 is 0 Å². The van der Waals surface area contributed by atoms with Gasteiger partial charge in [0.05, 0.1) is 13.3 Å². The SMILES string of the molecule is COc1nc(-c2ccc(C(=O)NCCCN3CCCC3=O)cc2)ncc1F. The summed E-state index contributed by atoms with van der Waals surface area (Å²) in [5.74, 6) is -0.440. The van der Waals surface area contributed by atoms with Gasteiger partial charge in [0.25, 0.3) is 11.8 Å². The summed E-state index contributed by atoms with van der Waals surface area (Å²) in [7, 11) is 1.34. The number of nitrogens with one attached hydrogen (secondary N) is 1. The predicted molar refractivity (Wildman–Crippen MR) is 96.7 cm³/mol. The molecule has 142 valence electrons. The number of amides is 2. The highest BCUT2D eigenvalue weighted by Gasteiger charge is 2.19. The highest BCUT2D eigenvalue weighted by Crippen LogP contribution is 2.20. The quantitative estimate of drug-likeness (QED) is 0.752. The van der Waals surface area contributed by atoms with Crippen LogP contribution in [-0.2, 0) is 4.79 Å². The molecule has 1 fully saturated rings. The Morgan fingerprint density at radius 3 is 2.78 bits per heavy atom. The number of ether oxygens (including phenoxy) is 1. The van der Waals surface area contributed by atoms with E-state index in [2.05, 4.69) is 15.3 Å². The summed E-state index contributed by atoms with van der Waals surface area (Å²) in [5, 5.41) is 2.84. The van der Waals surface area contributed by atoms with Crippen LogP contribution in [0.5, 0.6) is 5.88 Å². The maximum Gasteiger partial charge on any atom is 0.253 e. The first-order chi connectivity index (χ1) is 13.1. The standard InChI is InChI=1S/C19H21FN4O3/c1-27-19-15(20)12-22-17(23-19)13-5-7-14(8-6-13)18(26)21-9-3-11-24-10-2-4-16(24)25/h5-8,12H,2-4,9-11H2,1H3,(H,21,26). The van der Waals surface area contributed by atoms with Crippen molar-refractivity contribution in [3.05, 3.63) is 41.8 Å². The van der Waals surface area contributed by atoms with Crippen LogP contribution < -0.4 is 10.1 Å². The van der Waals surface area contributed by atoms with Crippen molar-refractivity contribution in [2.24, 2.45) is 0 Å². The zero-order chi connectivity index (χ0) is 19.2. The van der Waals surface area contributed by atoms with Gasteiger partial charge in [-0.2, -0.15) is 9.37 Å². The van der Waals surface area contributed by atoms with Crippen LogP contribution in [-0.4, -0.2) is 53.4 Å². The second kappa shape index (κ2) is 8.57. The fourth-order valence-electron chi connectivity index (χ4n) is 2.92. The van der Waals surface area contributed by atoms with E-state index in [1.807, 2.05) is 4.90 Å². The van der Waals surface area contributed by atoms with E-state index in [-0.39, 0.29) is 17.7 Å². The first kappa shape index (κ1) is 18.8. The third-order valence-corrected chi connectivity index (χ3v) is 4.37. The van der Waals surface area contributed by atoms with Crippen molar-refractivity contribution in [2.75, 3.05) is 26.7 Å². The first-order valence-electron chi connectivity index (χ1n) is 8.81. The molecule has 27 heavy (non-hydrogen) atoms. The topological polar surface area (TPSA) is 84.4 Å². The maximum absolute atomic E-state index is 13.4. The van der Waals surface area contributed by atoms with Crippen LogP contribution in [0.2, 0.25) is 0 Å². The van der Waals surface area contributed by atoms with E-state index in [0.717, 1.165) is 25.6 Å². The lowest BCUT2D eigenvalue weighted by atomic mass is 10.1. The average molecular weight is 372 g/mol. The van der Waals surface area contributed by atoms with Crippen LogP contribution in [0, 0.1) is 5.82 Å². The minimum Gasteiger partial charge on any atom is -0.479 e. The number of halogens is 1. The number of nitrogens with zero attached hydrogens (tertiary/aromatic N) is 3. The minimum absolute atomic E-state index is 0.127. The van der Waals surface area contributed by atoms with Crippen molar-refractivity contribution in [3.63, 3.8) is 0 Å². The van der Waals surface area contributed by atoms with E-state index in [4.69, 9.17) is 4.74 Å². The molecule has 8 heteroatoms. The van der Waals surface area contributed by atoms with Crippen molar-refractivity contribution in [2.45, 2.75) is 19.3 Å². The van der Waals surface area contributed by atoms with Crippen molar-refractivity contribution in [1.82, 2.24) is 20.2 Å². The van der Waals surface area contributed by atoms with Crippen molar-refractivity contribution < 1.29 is 18.7 Å². The lowest BCUT2D eigenvalue weighted by Crippen LogP contribution is -2.30. The molecule has 2 aromatic rings. The van der Waals surface area contributed by atoms with Crippen LogP contribution >= 0.6 is 0 Å². The molecule has 1 aliphatic rings. The van der Waals surface area contributed by atoms with Gasteiger partial charge >= 0.3 is 0 Å². The summed E-state index contributed by atoms with van der Waals surface area (Å²) in [4.78, 5) is 33.5. The normalized spacial score (nSPS) is 13.7. The molecule has 1 aliphatic heterocycles. The van der Waals surface area contributed by atoms with E-state index in [1.165, 1.54) is 7.11 Å². The lowest BCUT2D eigenvalue weighted by Gasteiger charge is -2.15. The number of rotatable bonds is 7. The smallest absolute Gasteiger partial charge is 0.253 e. The highest BCUT2D eigenvalue weighted by molar-refractivity contribution is 5.94. The Bertz CT molecular complexity index is 826. The second-order valence-corrected chi connectivity index (χ2v) is 6.22. The Balaban J connectivity index is 1.53. The van der Waals surface area contributed by atoms with E-state index < -0.39 is 5.82 Å². The lowest BCUT2D eigenvalue weighted by molar-refractivity contribution is -0.127. The molecule has 1 aromatic heterocycles. The van der Waals surface area contributed by atoms with Gasteiger partial charge in [0.2, 0.25) is 11.7 Å². The summed E-state index contributed by atoms with van der Waals surface area (Å²) < 4.78 is 18.3. The summed E-state index contributed by atoms with van der Waals surface area (Å²) in [6.45, 7) is 1.98. The molecule has 7 nitrogen and oxygen atoms in total. The third-order valence-electron chi connectivity index (χ3n) is 4.37. The van der Waals surface area contributed by atoms with Gasteiger partial charge in [-0.25, -0.2) is 4.98 Å². The van der Waals surface area contributed by atoms with Gasteiger partial charge < -0.3 is 15.0 Å². The zero-order valence-corrected chi connectivity index (χ0v) is 15.1. The van der Waals surface area contributed by atoms with Gasteiger partial charge in [-0.1, -0.05) is 12.1 Å². The molecule has 0 aliphatic carbocycles. The van der Waals surface area contributed by atoms with Crippen molar-refractivity contribution in [3.8, 4) is 17.3 Å². The van der Waals surface area contributed by atoms with Crippen LogP contribution in [0.25, 0.3) is 11.4 Å². The second-order valence-electron chi connectivity index (χ2n) is 6.22. The zero-order valence-electron chi connectivity index (χ0n) is 15.1. The number of hydrogen-bond acceptors (Lipinski definition) is 5. The highest BCUT2D eigenvalue weighted by atomic mass is 19.1. The van der Waals surface area contributed by atoms with Gasteiger partial charge in [-0.05, 0) is 25.0 Å². The Morgan fingerprint density at radius 2 is 2.11 bits per heavy atom. The molecule has 1 N–H and O–H groups in total. The monoisotopic (exact) mass is 372 g/mol. The molecule has 0 bridgehead atoms. The fraction of sp³-hybridized carbons (Fsp3) is 0.368. The third kappa shape index (κ3) is 4.58. The van der Waals surface area contributed by atoms with Crippen LogP contribution in [0.1, 0.15) is 29.6 Å². The largest absolute Gasteiger partial charge is 0.479 e. The molecule has 1 saturated heterocycles. The van der Waals surface area contributed by atoms with Crippen LogP contribution in [0.3, 0.4) is 0 Å². The average Bonchev–Trinajstić information content (AvgIpc) is 3.10. The predicted octanol–water partition coefficient (Wildman–Crippen LogP) is 2.03. The van der Waals surface area contributed by atoms with Crippen LogP contribution in [0.4, 0.5) is 4.39 Å². The molecule has 2 amide bonds. The Morgan fingerprint density at radius 1 is 1.33 bits per heavy atom. The minimum atomic E-state index is -0.632. The number of hydrogen-bond donors (Lipinski definition) is 1. The number of carbonyl (C=O) groups excluding carboxylic acids is 2. The van der Waals surface area contributed by atoms with Gasteiger partial charge in [-0.3, -0.25) is 9.59 Å². The van der Waals surface area contributed by atoms with Gasteiger partial charge in [-0.15, -0.1) is 0 Å². The van der Waals surface area contributed by atoms with E-state index in [1.54, 1.807) is 24.3 Å². The molecule has 0 saturated carbocycles. The van der Waals surface area contributed by atoms with Crippen molar-refractivity contribution >= 4 is 11.8 Å². The molecular formula is C19H21FN4O3. The summed E-state index contributed by atoms with van der Waals surface area (Å²) in [5.41, 5.74) is 1.16. The summed E-state index contributed by atoms with van der Waals surface area (Å²) in [6.07, 6.45) is 3.31. The molecule has 0 radical (unpaired) electrons. The van der Waals surface area contributed by atoms with Crippen molar-refractivity contribution in [1.29, 1.82) is 0 Å². The fourth-order valence-corrected chi connectivity index (χ4v) is 2.92. The Hall–Kier alpha value is -3.03. The maximum atomic E-state index is 13.4. The Labute approximate surface area is 156 Å². The molecule has 2 heterocycles. The number of aromatic nitrogens is 2. The van der Waals surface area contributed by atoms with E-state index in [0.29, 0.717) is 36.5 Å². The van der Waals surface area contributed by atoms with Gasteiger partial charge in [0.1, 0.15) is 0 Å².